The Morgan fingerprint density at radius 1 is 0.542 bits per heavy atom. The molecule has 0 heterocycles. The van der Waals surface area contributed by atoms with Crippen LogP contribution in [0.4, 0.5) is 0 Å². The zero-order chi connectivity index (χ0) is 16.8. The van der Waals surface area contributed by atoms with Crippen LogP contribution in [0.3, 0.4) is 0 Å². The SMILES string of the molecule is OC1CCC2CC(Br)CCC2C1C1C(O)CCC2CC(Br)CCC21. The molecule has 138 valence electrons. The summed E-state index contributed by atoms with van der Waals surface area (Å²) in [7, 11) is 0. The normalized spacial score (nSPS) is 55.5. The molecule has 0 aliphatic heterocycles. The fraction of sp³-hybridized carbons (Fsp3) is 1.00. The molecule has 24 heavy (non-hydrogen) atoms. The van der Waals surface area contributed by atoms with Gasteiger partial charge in [0.25, 0.3) is 0 Å². The molecule has 10 unspecified atom stereocenters. The molecule has 4 saturated carbocycles. The molecule has 4 fully saturated rings. The van der Waals surface area contributed by atoms with Gasteiger partial charge in [-0.1, -0.05) is 31.9 Å². The van der Waals surface area contributed by atoms with E-state index in [1.807, 2.05) is 0 Å². The van der Waals surface area contributed by atoms with Crippen molar-refractivity contribution in [2.24, 2.45) is 35.5 Å². The summed E-state index contributed by atoms with van der Waals surface area (Å²) in [5.41, 5.74) is 0. The maximum absolute atomic E-state index is 11.0. The Morgan fingerprint density at radius 2 is 0.958 bits per heavy atom. The third-order valence-electron chi connectivity index (χ3n) is 7.94. The third-order valence-corrected chi connectivity index (χ3v) is 9.61. The zero-order valence-electron chi connectivity index (χ0n) is 14.5. The van der Waals surface area contributed by atoms with Crippen LogP contribution in [0.25, 0.3) is 0 Å². The van der Waals surface area contributed by atoms with Gasteiger partial charge in [-0.15, -0.1) is 0 Å². The van der Waals surface area contributed by atoms with Gasteiger partial charge in [0, 0.05) is 9.65 Å². The van der Waals surface area contributed by atoms with Crippen molar-refractivity contribution in [3.05, 3.63) is 0 Å². The second kappa shape index (κ2) is 7.48. The summed E-state index contributed by atoms with van der Waals surface area (Å²) >= 11 is 7.68. The Morgan fingerprint density at radius 3 is 1.38 bits per heavy atom. The molecular weight excluding hydrogens is 432 g/mol. The molecule has 10 atom stereocenters. The number of fused-ring (bicyclic) bond motifs is 2. The number of halogens is 2. The maximum Gasteiger partial charge on any atom is 0.0575 e. The summed E-state index contributed by atoms with van der Waals surface area (Å²) in [6, 6.07) is 0. The van der Waals surface area contributed by atoms with Crippen LogP contribution in [0.15, 0.2) is 0 Å². The average molecular weight is 464 g/mol. The van der Waals surface area contributed by atoms with Gasteiger partial charge in [0.15, 0.2) is 0 Å². The molecule has 2 nitrogen and oxygen atoms in total. The molecule has 0 amide bonds. The fourth-order valence-corrected chi connectivity index (χ4v) is 8.44. The fourth-order valence-electron chi connectivity index (χ4n) is 6.95. The van der Waals surface area contributed by atoms with E-state index in [2.05, 4.69) is 31.9 Å². The first kappa shape index (κ1) is 18.3. The highest BCUT2D eigenvalue weighted by Crippen LogP contribution is 2.55. The van der Waals surface area contributed by atoms with Crippen LogP contribution in [0.1, 0.15) is 64.2 Å². The predicted octanol–water partition coefficient (Wildman–Crippen LogP) is 4.89. The molecule has 0 aromatic heterocycles. The molecule has 0 aromatic rings. The lowest BCUT2D eigenvalue weighted by molar-refractivity contribution is -0.122. The highest BCUT2D eigenvalue weighted by atomic mass is 79.9. The van der Waals surface area contributed by atoms with Gasteiger partial charge in [-0.25, -0.2) is 0 Å². The van der Waals surface area contributed by atoms with E-state index in [4.69, 9.17) is 0 Å². The standard InChI is InChI=1S/C20H32Br2O2/c21-13-3-5-15-11(9-13)1-7-17(23)19(15)20-16-6-4-14(22)10-12(16)2-8-18(20)24/h11-20,23-24H,1-10H2. The molecule has 2 N–H and O–H groups in total. The summed E-state index contributed by atoms with van der Waals surface area (Å²) in [5, 5.41) is 21.9. The average Bonchev–Trinajstić information content (AvgIpc) is 2.56. The van der Waals surface area contributed by atoms with Crippen molar-refractivity contribution >= 4 is 31.9 Å². The number of aliphatic hydroxyl groups is 2. The minimum atomic E-state index is -0.182. The van der Waals surface area contributed by atoms with E-state index in [0.29, 0.717) is 33.3 Å². The Kier molecular flexibility index (Phi) is 5.69. The van der Waals surface area contributed by atoms with Crippen molar-refractivity contribution in [3.63, 3.8) is 0 Å². The molecule has 0 saturated heterocycles. The molecule has 0 radical (unpaired) electrons. The van der Waals surface area contributed by atoms with Gasteiger partial charge in [0.2, 0.25) is 0 Å². The van der Waals surface area contributed by atoms with Crippen molar-refractivity contribution in [2.45, 2.75) is 86.1 Å². The molecule has 4 aliphatic rings. The van der Waals surface area contributed by atoms with Gasteiger partial charge in [-0.3, -0.25) is 0 Å². The van der Waals surface area contributed by atoms with E-state index in [9.17, 15) is 10.2 Å². The van der Waals surface area contributed by atoms with Crippen LogP contribution in [0, 0.1) is 35.5 Å². The number of alkyl halides is 2. The first-order chi connectivity index (χ1) is 11.5. The predicted molar refractivity (Wildman–Crippen MR) is 105 cm³/mol. The van der Waals surface area contributed by atoms with Gasteiger partial charge < -0.3 is 10.2 Å². The summed E-state index contributed by atoms with van der Waals surface area (Å²) in [6.07, 6.45) is 11.4. The van der Waals surface area contributed by atoms with Crippen LogP contribution in [0.2, 0.25) is 0 Å². The number of hydrogen-bond donors (Lipinski definition) is 2. The summed E-state index contributed by atoms with van der Waals surface area (Å²) in [6.45, 7) is 0. The lowest BCUT2D eigenvalue weighted by Crippen LogP contribution is -2.53. The van der Waals surface area contributed by atoms with E-state index in [1.165, 1.54) is 51.4 Å². The van der Waals surface area contributed by atoms with E-state index < -0.39 is 0 Å². The summed E-state index contributed by atoms with van der Waals surface area (Å²) < 4.78 is 0. The lowest BCUT2D eigenvalue weighted by atomic mass is 9.53. The van der Waals surface area contributed by atoms with E-state index in [1.54, 1.807) is 0 Å². The monoisotopic (exact) mass is 462 g/mol. The molecular formula is C20H32Br2O2. The number of rotatable bonds is 1. The molecule has 0 spiro atoms. The highest BCUT2D eigenvalue weighted by Gasteiger charge is 2.52. The second-order valence-corrected chi connectivity index (χ2v) is 11.7. The van der Waals surface area contributed by atoms with Crippen molar-refractivity contribution < 1.29 is 10.2 Å². The lowest BCUT2D eigenvalue weighted by Gasteiger charge is -2.54. The summed E-state index contributed by atoms with van der Waals surface area (Å²) in [4.78, 5) is 1.34. The third kappa shape index (κ3) is 3.39. The Hall–Kier alpha value is 0.880. The van der Waals surface area contributed by atoms with Crippen LogP contribution < -0.4 is 0 Å². The second-order valence-electron chi connectivity index (χ2n) is 9.11. The van der Waals surface area contributed by atoms with E-state index in [-0.39, 0.29) is 12.2 Å². The van der Waals surface area contributed by atoms with Crippen LogP contribution in [-0.2, 0) is 0 Å². The minimum absolute atomic E-state index is 0.182. The quantitative estimate of drug-likeness (QED) is 0.543. The molecule has 0 aromatic carbocycles. The van der Waals surface area contributed by atoms with Crippen molar-refractivity contribution in [3.8, 4) is 0 Å². The number of aliphatic hydroxyl groups excluding tert-OH is 2. The number of hydrogen-bond acceptors (Lipinski definition) is 2. The van der Waals surface area contributed by atoms with Gasteiger partial charge in [0.05, 0.1) is 12.2 Å². The maximum atomic E-state index is 11.0. The van der Waals surface area contributed by atoms with Crippen LogP contribution in [-0.4, -0.2) is 32.1 Å². The van der Waals surface area contributed by atoms with Gasteiger partial charge in [0.1, 0.15) is 0 Å². The van der Waals surface area contributed by atoms with Crippen molar-refractivity contribution in [2.75, 3.05) is 0 Å². The van der Waals surface area contributed by atoms with Crippen molar-refractivity contribution in [1.82, 2.24) is 0 Å². The minimum Gasteiger partial charge on any atom is -0.393 e. The van der Waals surface area contributed by atoms with Crippen molar-refractivity contribution in [1.29, 1.82) is 0 Å². The van der Waals surface area contributed by atoms with E-state index in [0.717, 1.165) is 24.7 Å². The Bertz CT molecular complexity index is 405. The Labute approximate surface area is 163 Å². The van der Waals surface area contributed by atoms with Gasteiger partial charge in [-0.05, 0) is 99.7 Å². The topological polar surface area (TPSA) is 40.5 Å². The van der Waals surface area contributed by atoms with Crippen LogP contribution >= 0.6 is 31.9 Å². The first-order valence-electron chi connectivity index (χ1n) is 10.2. The largest absolute Gasteiger partial charge is 0.393 e. The molecule has 4 aliphatic carbocycles. The molecule has 0 bridgehead atoms. The van der Waals surface area contributed by atoms with Crippen LogP contribution in [0.5, 0.6) is 0 Å². The summed E-state index contributed by atoms with van der Waals surface area (Å²) in [5.74, 6) is 3.50. The molecule has 4 rings (SSSR count). The zero-order valence-corrected chi connectivity index (χ0v) is 17.7. The highest BCUT2D eigenvalue weighted by molar-refractivity contribution is 9.09. The smallest absolute Gasteiger partial charge is 0.0575 e. The molecule has 4 heteroatoms. The van der Waals surface area contributed by atoms with Gasteiger partial charge >= 0.3 is 0 Å². The first-order valence-corrected chi connectivity index (χ1v) is 12.0. The van der Waals surface area contributed by atoms with E-state index >= 15 is 0 Å². The Balaban J connectivity index is 1.58. The van der Waals surface area contributed by atoms with Gasteiger partial charge in [-0.2, -0.15) is 0 Å².